The quantitative estimate of drug-likeness (QED) is 0.835. The van der Waals surface area contributed by atoms with Gasteiger partial charge >= 0.3 is 12.0 Å². The number of carbonyl (C=O) groups excluding carboxylic acids is 2. The average Bonchev–Trinajstić information content (AvgIpc) is 2.65. The van der Waals surface area contributed by atoms with E-state index in [2.05, 4.69) is 5.32 Å². The summed E-state index contributed by atoms with van der Waals surface area (Å²) in [5, 5.41) is 11.9. The van der Waals surface area contributed by atoms with Crippen molar-refractivity contribution in [2.75, 3.05) is 32.8 Å². The van der Waals surface area contributed by atoms with Crippen molar-refractivity contribution in [1.82, 2.24) is 15.1 Å². The number of carbonyl (C=O) groups is 3. The molecular weight excluding hydrogens is 338 g/mol. The number of hydrogen-bond donors (Lipinski definition) is 2. The summed E-state index contributed by atoms with van der Waals surface area (Å²) in [5.41, 5.74) is 1.52. The van der Waals surface area contributed by atoms with Gasteiger partial charge < -0.3 is 20.1 Å². The summed E-state index contributed by atoms with van der Waals surface area (Å²) in [4.78, 5) is 39.5. The van der Waals surface area contributed by atoms with Gasteiger partial charge in [0.05, 0.1) is 24.8 Å². The van der Waals surface area contributed by atoms with Crippen LogP contribution in [0.5, 0.6) is 0 Å². The SMILES string of the molecule is CC1=C(C(=O)N2CCOCC2)[C@H](c2ccccc2)NC(=O)N1CC(=O)O. The van der Waals surface area contributed by atoms with Crippen molar-refractivity contribution in [1.29, 1.82) is 0 Å². The van der Waals surface area contributed by atoms with Crippen LogP contribution in [0, 0.1) is 0 Å². The summed E-state index contributed by atoms with van der Waals surface area (Å²) < 4.78 is 5.30. The number of amides is 3. The first-order valence-electron chi connectivity index (χ1n) is 8.41. The third-order valence-corrected chi connectivity index (χ3v) is 4.55. The number of allylic oxidation sites excluding steroid dienone is 1. The fourth-order valence-corrected chi connectivity index (χ4v) is 3.22. The monoisotopic (exact) mass is 359 g/mol. The Bertz CT molecular complexity index is 740. The molecule has 2 N–H and O–H groups in total. The molecule has 8 heteroatoms. The Hall–Kier alpha value is -2.87. The topological polar surface area (TPSA) is 99.2 Å². The second-order valence-electron chi connectivity index (χ2n) is 6.18. The van der Waals surface area contributed by atoms with Gasteiger partial charge in [-0.1, -0.05) is 30.3 Å². The Kier molecular flexibility index (Phi) is 5.22. The second-order valence-corrected chi connectivity index (χ2v) is 6.18. The molecule has 8 nitrogen and oxygen atoms in total. The van der Waals surface area contributed by atoms with Crippen LogP contribution < -0.4 is 5.32 Å². The van der Waals surface area contributed by atoms with E-state index in [1.807, 2.05) is 30.3 Å². The van der Waals surface area contributed by atoms with Crippen LogP contribution in [0.1, 0.15) is 18.5 Å². The van der Waals surface area contributed by atoms with Crippen LogP contribution in [0.2, 0.25) is 0 Å². The summed E-state index contributed by atoms with van der Waals surface area (Å²) in [7, 11) is 0. The van der Waals surface area contributed by atoms with Gasteiger partial charge in [-0.25, -0.2) is 4.79 Å². The van der Waals surface area contributed by atoms with Crippen molar-refractivity contribution in [3.63, 3.8) is 0 Å². The molecule has 0 aromatic heterocycles. The van der Waals surface area contributed by atoms with E-state index in [0.717, 1.165) is 10.5 Å². The van der Waals surface area contributed by atoms with Gasteiger partial charge in [0.25, 0.3) is 5.91 Å². The predicted molar refractivity (Wildman–Crippen MR) is 92.2 cm³/mol. The van der Waals surface area contributed by atoms with Crippen LogP contribution in [0.25, 0.3) is 0 Å². The minimum absolute atomic E-state index is 0.213. The Morgan fingerprint density at radius 1 is 1.23 bits per heavy atom. The number of carboxylic acid groups (broad SMARTS) is 1. The summed E-state index contributed by atoms with van der Waals surface area (Å²) in [5.74, 6) is -1.36. The molecule has 2 aliphatic heterocycles. The van der Waals surface area contributed by atoms with Crippen molar-refractivity contribution >= 4 is 17.9 Å². The van der Waals surface area contributed by atoms with Gasteiger partial charge in [0, 0.05) is 18.8 Å². The molecule has 0 saturated carbocycles. The Morgan fingerprint density at radius 3 is 2.50 bits per heavy atom. The zero-order valence-corrected chi connectivity index (χ0v) is 14.5. The molecule has 1 atom stereocenters. The summed E-state index contributed by atoms with van der Waals surface area (Å²) in [6, 6.07) is 8.02. The van der Waals surface area contributed by atoms with Gasteiger partial charge in [-0.2, -0.15) is 0 Å². The van der Waals surface area contributed by atoms with Crippen LogP contribution in [0.3, 0.4) is 0 Å². The van der Waals surface area contributed by atoms with Crippen LogP contribution in [0.15, 0.2) is 41.6 Å². The number of morpholine rings is 1. The highest BCUT2D eigenvalue weighted by Gasteiger charge is 2.38. The minimum atomic E-state index is -1.14. The largest absolute Gasteiger partial charge is 0.480 e. The molecule has 26 heavy (non-hydrogen) atoms. The van der Waals surface area contributed by atoms with Crippen molar-refractivity contribution in [2.45, 2.75) is 13.0 Å². The summed E-state index contributed by atoms with van der Waals surface area (Å²) in [6.07, 6.45) is 0. The lowest BCUT2D eigenvalue weighted by Gasteiger charge is -2.37. The third-order valence-electron chi connectivity index (χ3n) is 4.55. The fraction of sp³-hybridized carbons (Fsp3) is 0.389. The molecule has 0 radical (unpaired) electrons. The van der Waals surface area contributed by atoms with Crippen LogP contribution in [-0.4, -0.2) is 65.7 Å². The molecule has 138 valence electrons. The molecule has 1 aromatic carbocycles. The average molecular weight is 359 g/mol. The van der Waals surface area contributed by atoms with Crippen LogP contribution >= 0.6 is 0 Å². The van der Waals surface area contributed by atoms with Crippen LogP contribution in [-0.2, 0) is 14.3 Å². The number of urea groups is 1. The molecular formula is C18H21N3O5. The van der Waals surface area contributed by atoms with E-state index in [9.17, 15) is 14.4 Å². The van der Waals surface area contributed by atoms with E-state index in [1.165, 1.54) is 0 Å². The maximum absolute atomic E-state index is 13.2. The van der Waals surface area contributed by atoms with Gasteiger partial charge in [-0.3, -0.25) is 14.5 Å². The minimum Gasteiger partial charge on any atom is -0.480 e. The van der Waals surface area contributed by atoms with Crippen molar-refractivity contribution < 1.29 is 24.2 Å². The van der Waals surface area contributed by atoms with Crippen molar-refractivity contribution in [2.24, 2.45) is 0 Å². The zero-order chi connectivity index (χ0) is 18.7. The highest BCUT2D eigenvalue weighted by molar-refractivity contribution is 5.99. The molecule has 1 aromatic rings. The summed E-state index contributed by atoms with van der Waals surface area (Å²) >= 11 is 0. The molecule has 1 fully saturated rings. The second kappa shape index (κ2) is 7.57. The number of carboxylic acids is 1. The standard InChI is InChI=1S/C18H21N3O5/c1-12-15(17(24)20-7-9-26-10-8-20)16(13-5-3-2-4-6-13)19-18(25)21(12)11-14(22)23/h2-6,16H,7-11H2,1H3,(H,19,25)(H,22,23)/t16-/m0/s1. The van der Waals surface area contributed by atoms with Gasteiger partial charge in [0.1, 0.15) is 6.54 Å². The van der Waals surface area contributed by atoms with E-state index in [1.54, 1.807) is 11.8 Å². The van der Waals surface area contributed by atoms with Crippen LogP contribution in [0.4, 0.5) is 4.79 Å². The Balaban J connectivity index is 2.03. The summed E-state index contributed by atoms with van der Waals surface area (Å²) in [6.45, 7) is 2.96. The van der Waals surface area contributed by atoms with E-state index in [0.29, 0.717) is 37.6 Å². The Labute approximate surface area is 151 Å². The van der Waals surface area contributed by atoms with E-state index < -0.39 is 24.6 Å². The molecule has 0 unspecified atom stereocenters. The number of nitrogens with one attached hydrogen (secondary N) is 1. The molecule has 0 bridgehead atoms. The predicted octanol–water partition coefficient (Wildman–Crippen LogP) is 0.970. The lowest BCUT2D eigenvalue weighted by molar-refractivity contribution is -0.137. The number of hydrogen-bond acceptors (Lipinski definition) is 4. The molecule has 0 spiro atoms. The zero-order valence-electron chi connectivity index (χ0n) is 14.5. The molecule has 2 aliphatic rings. The molecule has 2 heterocycles. The number of benzene rings is 1. The first kappa shape index (κ1) is 17.9. The smallest absolute Gasteiger partial charge is 0.323 e. The van der Waals surface area contributed by atoms with E-state index >= 15 is 0 Å². The number of nitrogens with zero attached hydrogens (tertiary/aromatic N) is 2. The van der Waals surface area contributed by atoms with Crippen molar-refractivity contribution in [3.05, 3.63) is 47.2 Å². The number of ether oxygens (including phenoxy) is 1. The first-order valence-corrected chi connectivity index (χ1v) is 8.41. The highest BCUT2D eigenvalue weighted by atomic mass is 16.5. The normalized spacial score (nSPS) is 20.8. The van der Waals surface area contributed by atoms with Crippen molar-refractivity contribution in [3.8, 4) is 0 Å². The molecule has 0 aliphatic carbocycles. The third kappa shape index (κ3) is 3.55. The first-order chi connectivity index (χ1) is 12.5. The fourth-order valence-electron chi connectivity index (χ4n) is 3.22. The van der Waals surface area contributed by atoms with Gasteiger partial charge in [0.15, 0.2) is 0 Å². The lowest BCUT2D eigenvalue weighted by Crippen LogP contribution is -2.52. The molecule has 1 saturated heterocycles. The highest BCUT2D eigenvalue weighted by Crippen LogP contribution is 2.31. The molecule has 3 amide bonds. The van der Waals surface area contributed by atoms with Gasteiger partial charge in [-0.05, 0) is 12.5 Å². The van der Waals surface area contributed by atoms with Gasteiger partial charge in [0.2, 0.25) is 0 Å². The van der Waals surface area contributed by atoms with Gasteiger partial charge in [-0.15, -0.1) is 0 Å². The number of rotatable bonds is 4. The van der Waals surface area contributed by atoms with E-state index in [4.69, 9.17) is 9.84 Å². The molecule has 3 rings (SSSR count). The lowest BCUT2D eigenvalue weighted by atomic mass is 9.93. The number of aliphatic carboxylic acids is 1. The Morgan fingerprint density at radius 2 is 1.88 bits per heavy atom. The maximum Gasteiger partial charge on any atom is 0.323 e. The maximum atomic E-state index is 13.2. The van der Waals surface area contributed by atoms with E-state index in [-0.39, 0.29) is 5.91 Å².